The van der Waals surface area contributed by atoms with E-state index in [1.807, 2.05) is 30.3 Å². The van der Waals surface area contributed by atoms with Gasteiger partial charge in [0.05, 0.1) is 81.6 Å². The summed E-state index contributed by atoms with van der Waals surface area (Å²) >= 11 is 6.21. The molecule has 684 valence electrons. The summed E-state index contributed by atoms with van der Waals surface area (Å²) in [6, 6.07) is 36.9. The third kappa shape index (κ3) is 19.9. The molecule has 0 radical (unpaired) electrons. The fraction of sp³-hybridized carbons (Fsp3) is 0.365. The number of aromatic nitrogens is 7. The van der Waals surface area contributed by atoms with Gasteiger partial charge in [0.25, 0.3) is 17.4 Å². The molecule has 7 aliphatic rings. The minimum Gasteiger partial charge on any atom is -0.493 e. The molecule has 6 aromatic carbocycles. The van der Waals surface area contributed by atoms with Crippen molar-refractivity contribution in [1.82, 2.24) is 64.9 Å². The number of amides is 7. The van der Waals surface area contributed by atoms with Crippen molar-refractivity contribution in [2.24, 2.45) is 26.2 Å². The molecule has 6 aliphatic heterocycles. The van der Waals surface area contributed by atoms with Crippen LogP contribution in [0.5, 0.6) is 34.5 Å². The summed E-state index contributed by atoms with van der Waals surface area (Å²) in [4.78, 5) is 136. The third-order valence-electron chi connectivity index (χ3n) is 24.5. The molecule has 4 fully saturated rings. The van der Waals surface area contributed by atoms with Gasteiger partial charge in [-0.2, -0.15) is 20.5 Å². The average molecular weight is 1810 g/mol. The number of carbonyl (C=O) groups excluding carboxylic acids is 7. The lowest BCUT2D eigenvalue weighted by atomic mass is 9.86. The predicted octanol–water partition coefficient (Wildman–Crippen LogP) is 12.0. The average Bonchev–Trinajstić information content (AvgIpc) is 1.60. The molecular formula is C96H103ClN20O15. The van der Waals surface area contributed by atoms with Crippen LogP contribution in [0.1, 0.15) is 138 Å². The lowest BCUT2D eigenvalue weighted by Crippen LogP contribution is -2.60. The number of allylic oxidation sites excluding steroid dienone is 2. The highest BCUT2D eigenvalue weighted by Gasteiger charge is 2.44. The lowest BCUT2D eigenvalue weighted by Gasteiger charge is -2.39. The molecule has 1 aliphatic carbocycles. The highest BCUT2D eigenvalue weighted by atomic mass is 35.5. The Morgan fingerprint density at radius 2 is 1.23 bits per heavy atom. The molecular weight excluding hydrogens is 1710 g/mol. The van der Waals surface area contributed by atoms with E-state index >= 15 is 0 Å². The normalized spacial score (nSPS) is 17.4. The zero-order chi connectivity index (χ0) is 92.5. The first kappa shape index (κ1) is 91.2. The predicted molar refractivity (Wildman–Crippen MR) is 492 cm³/mol. The van der Waals surface area contributed by atoms with Crippen molar-refractivity contribution >= 4 is 104 Å². The van der Waals surface area contributed by atoms with E-state index in [4.69, 9.17) is 60.5 Å². The summed E-state index contributed by atoms with van der Waals surface area (Å²) in [5, 5.41) is 26.7. The van der Waals surface area contributed by atoms with E-state index in [2.05, 4.69) is 130 Å². The van der Waals surface area contributed by atoms with Crippen LogP contribution in [-0.4, -0.2) is 209 Å². The Morgan fingerprint density at radius 1 is 0.659 bits per heavy atom. The van der Waals surface area contributed by atoms with E-state index in [0.29, 0.717) is 172 Å². The number of carbonyl (C=O) groups is 7. The Labute approximate surface area is 766 Å². The van der Waals surface area contributed by atoms with Crippen LogP contribution in [0.4, 0.5) is 34.3 Å². The van der Waals surface area contributed by atoms with E-state index in [9.17, 15) is 38.4 Å². The quantitative estimate of drug-likeness (QED) is 0.0136. The minimum absolute atomic E-state index is 0.160. The minimum atomic E-state index is -1.06. The van der Waals surface area contributed by atoms with E-state index < -0.39 is 29.4 Å². The van der Waals surface area contributed by atoms with Crippen LogP contribution in [0.15, 0.2) is 184 Å². The zero-order valence-corrected chi connectivity index (χ0v) is 75.2. The maximum atomic E-state index is 13.8. The highest BCUT2D eigenvalue weighted by Crippen LogP contribution is 2.45. The second-order valence-electron chi connectivity index (χ2n) is 34.0. The van der Waals surface area contributed by atoms with Gasteiger partial charge in [-0.15, -0.1) is 6.58 Å². The van der Waals surface area contributed by atoms with Gasteiger partial charge >= 0.3 is 0 Å². The number of pyridine rings is 1. The van der Waals surface area contributed by atoms with Crippen LogP contribution in [0.25, 0.3) is 22.9 Å². The van der Waals surface area contributed by atoms with E-state index in [1.165, 1.54) is 24.0 Å². The van der Waals surface area contributed by atoms with E-state index in [0.717, 1.165) is 72.2 Å². The Hall–Kier alpha value is -14.2. The number of piperazine rings is 1. The second kappa shape index (κ2) is 40.1. The number of piperidine rings is 3. The first-order valence-corrected chi connectivity index (χ1v) is 44.2. The lowest BCUT2D eigenvalue weighted by molar-refractivity contribution is -0.138. The summed E-state index contributed by atoms with van der Waals surface area (Å²) in [5.41, 5.74) is 15.9. The molecule has 7 amide bonds. The summed E-state index contributed by atoms with van der Waals surface area (Å²) < 4.78 is 44.5. The van der Waals surface area contributed by atoms with Gasteiger partial charge in [0.15, 0.2) is 34.5 Å². The van der Waals surface area contributed by atoms with Crippen LogP contribution < -0.4 is 65.5 Å². The summed E-state index contributed by atoms with van der Waals surface area (Å²) in [5.74, 6) is 2.03. The number of nitrogens with two attached hydrogens (primary N) is 1. The van der Waals surface area contributed by atoms with Gasteiger partial charge in [0.1, 0.15) is 48.7 Å². The summed E-state index contributed by atoms with van der Waals surface area (Å²) in [7, 11) is 6.10. The van der Waals surface area contributed by atoms with Gasteiger partial charge in [-0.05, 0) is 104 Å². The largest absolute Gasteiger partial charge is 0.493 e. The zero-order valence-electron chi connectivity index (χ0n) is 74.4. The monoisotopic (exact) mass is 1810 g/mol. The SMILES string of the molecule is C=CCn1c(=O)c2cnc(Cc3ccc(N4CCN(CCOc5c(OC)cc(N=Nc6cccc7c6CN(C6CCC(=O)NC6=O)C7=O)cc5OC)CC4)cc3)nc2n1-c1cccc(C(C)(C)C)n1.COc1cc(N=Nc2cccc3c2CN(C2CCC(=O)NC2=O)C3=O)cc(OC)c1OCCOCCC(NC(=O)C1(N)CCN(c2ncnc3c2C=CC3)CC1)c1ccc(Cl)cc1. The van der Waals surface area contributed by atoms with Crippen molar-refractivity contribution in [2.75, 3.05) is 110 Å². The van der Waals surface area contributed by atoms with Crippen molar-refractivity contribution in [3.05, 3.63) is 230 Å². The maximum Gasteiger partial charge on any atom is 0.278 e. The second-order valence-corrected chi connectivity index (χ2v) is 34.4. The van der Waals surface area contributed by atoms with Crippen molar-refractivity contribution < 1.29 is 66.7 Å². The molecule has 4 saturated heterocycles. The Kier molecular flexibility index (Phi) is 27.7. The van der Waals surface area contributed by atoms with Gasteiger partial charge in [-0.3, -0.25) is 53.9 Å². The Bertz CT molecular complexity index is 6190. The summed E-state index contributed by atoms with van der Waals surface area (Å²) in [6.45, 7) is 17.2. The highest BCUT2D eigenvalue weighted by molar-refractivity contribution is 6.30. The van der Waals surface area contributed by atoms with Crippen LogP contribution in [-0.2, 0) is 66.6 Å². The molecule has 5 N–H and O–H groups in total. The summed E-state index contributed by atoms with van der Waals surface area (Å²) in [6.07, 6.45) is 12.6. The van der Waals surface area contributed by atoms with Gasteiger partial charge in [-0.25, -0.2) is 34.3 Å². The molecule has 35 nitrogen and oxygen atoms in total. The smallest absolute Gasteiger partial charge is 0.278 e. The topological polar surface area (TPSA) is 403 Å². The number of ether oxygens (including phenoxy) is 7. The standard InChI is InChI=1S/C51H55N11O7.C45H48ClN9O8/c1-7-20-61-50(66)36-30-52-43(54-47(36)62(61)44-13-9-12-42(53-44)51(2,3)4)27-32-14-16-34(17-15-32)59-23-21-58(22-24-59)25-26-69-46-40(67-5)28-33(29-41(46)68-6)56-57-38-11-8-10-35-37(38)31-60(49(35)65)39-18-19-45(63)55-48(39)64;1-60-37-23-29(52-53-35-8-3-5-30-32(35)25-55(43(30)58)36-13-14-39(56)51-42(36)57)24-38(61-2)40(37)63-22-21-62-20-15-33(27-9-11-28(46)12-10-27)50-44(59)45(47)16-18-54(19-17-45)41-31-6-4-7-34(31)48-26-49-41/h7-17,28-30,39H,1,18-27,31H2,2-6H3,(H,55,63,64);3-6,8-12,23-24,26,33,36H,7,13-22,25,47H2,1-2H3,(H,50,59)(H,51,56,57). The number of benzene rings is 6. The van der Waals surface area contributed by atoms with Crippen molar-refractivity contribution in [3.8, 4) is 40.3 Å². The molecule has 0 spiro atoms. The molecule has 4 aromatic heterocycles. The van der Waals surface area contributed by atoms with Crippen LogP contribution >= 0.6 is 11.6 Å². The number of hydrogen-bond donors (Lipinski definition) is 4. The number of nitrogens with zero attached hydrogens (tertiary/aromatic N) is 16. The molecule has 3 unspecified atom stereocenters. The molecule has 3 atom stereocenters. The number of fused-ring (bicyclic) bond motifs is 4. The molecule has 132 heavy (non-hydrogen) atoms. The Morgan fingerprint density at radius 3 is 1.80 bits per heavy atom. The molecule has 10 heterocycles. The maximum absolute atomic E-state index is 13.8. The van der Waals surface area contributed by atoms with Gasteiger partial charge in [-0.1, -0.05) is 93.1 Å². The van der Waals surface area contributed by atoms with Crippen LogP contribution in [0.2, 0.25) is 5.02 Å². The van der Waals surface area contributed by atoms with Gasteiger partial charge < -0.3 is 63.8 Å². The van der Waals surface area contributed by atoms with Crippen molar-refractivity contribution in [2.45, 2.75) is 127 Å². The number of rotatable bonds is 31. The molecule has 0 saturated carbocycles. The number of methoxy groups -OCH3 is 4. The molecule has 0 bridgehead atoms. The molecule has 36 heteroatoms. The third-order valence-corrected chi connectivity index (χ3v) is 24.8. The van der Waals surface area contributed by atoms with E-state index in [1.54, 1.807) is 115 Å². The molecule has 10 aromatic rings. The first-order valence-electron chi connectivity index (χ1n) is 43.8. The first-order chi connectivity index (χ1) is 63.9. The number of nitrogens with one attached hydrogen (secondary N) is 3. The number of imide groups is 2. The number of anilines is 2. The fourth-order valence-electron chi connectivity index (χ4n) is 17.3. The van der Waals surface area contributed by atoms with Gasteiger partial charge in [0.2, 0.25) is 41.0 Å². The Balaban J connectivity index is 0.000000193. The molecule has 17 rings (SSSR count). The van der Waals surface area contributed by atoms with Crippen LogP contribution in [0.3, 0.4) is 0 Å². The van der Waals surface area contributed by atoms with Crippen molar-refractivity contribution in [3.63, 3.8) is 0 Å². The fourth-order valence-corrected chi connectivity index (χ4v) is 17.4. The van der Waals surface area contributed by atoms with Crippen molar-refractivity contribution in [1.29, 1.82) is 0 Å². The van der Waals surface area contributed by atoms with Crippen LogP contribution in [0, 0.1) is 0 Å². The number of hydrogen-bond acceptors (Lipinski definition) is 28. The number of halogens is 1. The number of azo groups is 2. The van der Waals surface area contributed by atoms with E-state index in [-0.39, 0.29) is 98.5 Å². The van der Waals surface area contributed by atoms with Gasteiger partial charge in [0, 0.05) is 171 Å².